The third kappa shape index (κ3) is 2.84. The first-order chi connectivity index (χ1) is 9.62. The summed E-state index contributed by atoms with van der Waals surface area (Å²) >= 11 is 0. The van der Waals surface area contributed by atoms with Crippen LogP contribution in [0.3, 0.4) is 0 Å². The summed E-state index contributed by atoms with van der Waals surface area (Å²) in [6.07, 6.45) is 4.61. The summed E-state index contributed by atoms with van der Waals surface area (Å²) in [7, 11) is 5.54. The fourth-order valence-electron chi connectivity index (χ4n) is 3.53. The zero-order valence-electron chi connectivity index (χ0n) is 13.4. The van der Waals surface area contributed by atoms with Crippen molar-refractivity contribution in [3.63, 3.8) is 0 Å². The molecule has 3 nitrogen and oxygen atoms in total. The van der Waals surface area contributed by atoms with Gasteiger partial charge in [-0.1, -0.05) is 19.4 Å². The van der Waals surface area contributed by atoms with Gasteiger partial charge in [-0.15, -0.1) is 0 Å². The molecule has 0 amide bonds. The van der Waals surface area contributed by atoms with Gasteiger partial charge in [0.25, 0.3) is 0 Å². The second-order valence-electron chi connectivity index (χ2n) is 5.78. The van der Waals surface area contributed by atoms with Crippen molar-refractivity contribution in [2.75, 3.05) is 21.3 Å². The maximum Gasteiger partial charge on any atom is 0.122 e. The average Bonchev–Trinajstić information content (AvgIpc) is 2.46. The first-order valence-corrected chi connectivity index (χ1v) is 7.55. The van der Waals surface area contributed by atoms with E-state index >= 15 is 0 Å². The molecule has 0 fully saturated rings. The molecule has 112 valence electrons. The molecule has 0 heterocycles. The van der Waals surface area contributed by atoms with Gasteiger partial charge in [-0.3, -0.25) is 0 Å². The summed E-state index contributed by atoms with van der Waals surface area (Å²) in [5, 5.41) is 1.99. The molecule has 1 aromatic carbocycles. The number of hydrogen-bond donors (Lipinski definition) is 0. The van der Waals surface area contributed by atoms with Gasteiger partial charge in [-0.2, -0.15) is 5.06 Å². The van der Waals surface area contributed by atoms with Gasteiger partial charge in [0.1, 0.15) is 5.75 Å². The highest BCUT2D eigenvalue weighted by Crippen LogP contribution is 2.42. The Kier molecular flexibility index (Phi) is 5.06. The molecule has 1 aromatic rings. The fraction of sp³-hybridized carbons (Fsp3) is 0.647. The number of benzene rings is 1. The third-order valence-electron chi connectivity index (χ3n) is 4.60. The highest BCUT2D eigenvalue weighted by Gasteiger charge is 2.32. The van der Waals surface area contributed by atoms with Gasteiger partial charge in [0.2, 0.25) is 0 Å². The Hall–Kier alpha value is -1.06. The monoisotopic (exact) mass is 277 g/mol. The summed E-state index contributed by atoms with van der Waals surface area (Å²) in [5.41, 5.74) is 4.30. The lowest BCUT2D eigenvalue weighted by molar-refractivity contribution is -0.144. The maximum atomic E-state index is 5.60. The van der Waals surface area contributed by atoms with Crippen LogP contribution in [-0.2, 0) is 11.3 Å². The van der Waals surface area contributed by atoms with Gasteiger partial charge < -0.3 is 9.57 Å². The first kappa shape index (κ1) is 15.3. The molecule has 0 N–H and O–H groups in total. The van der Waals surface area contributed by atoms with Crippen molar-refractivity contribution in [2.24, 2.45) is 0 Å². The van der Waals surface area contributed by atoms with Crippen LogP contribution in [0.4, 0.5) is 0 Å². The molecule has 2 atom stereocenters. The topological polar surface area (TPSA) is 21.7 Å². The molecule has 2 unspecified atom stereocenters. The van der Waals surface area contributed by atoms with Crippen LogP contribution < -0.4 is 4.74 Å². The van der Waals surface area contributed by atoms with Crippen molar-refractivity contribution < 1.29 is 9.57 Å². The Morgan fingerprint density at radius 1 is 1.30 bits per heavy atom. The van der Waals surface area contributed by atoms with Crippen LogP contribution in [-0.4, -0.2) is 32.4 Å². The van der Waals surface area contributed by atoms with Crippen molar-refractivity contribution in [1.29, 1.82) is 0 Å². The van der Waals surface area contributed by atoms with Gasteiger partial charge >= 0.3 is 0 Å². The lowest BCUT2D eigenvalue weighted by Gasteiger charge is -2.37. The Bertz CT molecular complexity index is 459. The van der Waals surface area contributed by atoms with E-state index in [9.17, 15) is 0 Å². The highest BCUT2D eigenvalue weighted by atomic mass is 16.7. The molecular formula is C17H27NO2. The smallest absolute Gasteiger partial charge is 0.122 e. The van der Waals surface area contributed by atoms with Crippen LogP contribution in [0.25, 0.3) is 0 Å². The molecule has 0 saturated carbocycles. The van der Waals surface area contributed by atoms with Gasteiger partial charge in [0, 0.05) is 13.1 Å². The minimum absolute atomic E-state index is 0.430. The fourth-order valence-corrected chi connectivity index (χ4v) is 3.53. The van der Waals surface area contributed by atoms with E-state index in [0.717, 1.165) is 12.2 Å². The number of ether oxygens (including phenoxy) is 1. The van der Waals surface area contributed by atoms with Gasteiger partial charge in [0.15, 0.2) is 0 Å². The SMILES string of the molecule is CCCC1CC(N(C)OC)Cc2c(OC)ccc(C)c21. The number of fused-ring (bicyclic) bond motifs is 1. The zero-order valence-corrected chi connectivity index (χ0v) is 13.4. The molecule has 20 heavy (non-hydrogen) atoms. The van der Waals surface area contributed by atoms with Crippen molar-refractivity contribution in [1.82, 2.24) is 5.06 Å². The summed E-state index contributed by atoms with van der Waals surface area (Å²) in [4.78, 5) is 5.43. The van der Waals surface area contributed by atoms with E-state index in [0.29, 0.717) is 12.0 Å². The molecule has 0 aromatic heterocycles. The molecule has 1 aliphatic carbocycles. The number of nitrogens with zero attached hydrogens (tertiary/aromatic N) is 1. The molecule has 0 saturated heterocycles. The number of methoxy groups -OCH3 is 1. The Morgan fingerprint density at radius 2 is 2.05 bits per heavy atom. The Morgan fingerprint density at radius 3 is 2.65 bits per heavy atom. The Labute approximate surface area is 122 Å². The Balaban J connectivity index is 2.43. The van der Waals surface area contributed by atoms with Gasteiger partial charge in [0.05, 0.1) is 14.2 Å². The van der Waals surface area contributed by atoms with E-state index in [-0.39, 0.29) is 0 Å². The number of likely N-dealkylation sites (N-methyl/N-ethyl adjacent to an activating group) is 1. The molecule has 0 bridgehead atoms. The quantitative estimate of drug-likeness (QED) is 0.766. The van der Waals surface area contributed by atoms with E-state index in [1.165, 1.54) is 36.0 Å². The van der Waals surface area contributed by atoms with Gasteiger partial charge in [-0.05, 0) is 54.9 Å². The van der Waals surface area contributed by atoms with Crippen molar-refractivity contribution >= 4 is 0 Å². The lowest BCUT2D eigenvalue weighted by Crippen LogP contribution is -2.37. The van der Waals surface area contributed by atoms with E-state index in [4.69, 9.17) is 9.57 Å². The second kappa shape index (κ2) is 6.59. The molecule has 1 aliphatic rings. The predicted molar refractivity (Wildman–Crippen MR) is 82.3 cm³/mol. The molecule has 0 aliphatic heterocycles. The van der Waals surface area contributed by atoms with Crippen molar-refractivity contribution in [3.8, 4) is 5.75 Å². The molecular weight excluding hydrogens is 250 g/mol. The molecule has 3 heteroatoms. The number of aryl methyl sites for hydroxylation is 1. The third-order valence-corrected chi connectivity index (χ3v) is 4.60. The number of hydroxylamine groups is 2. The number of hydrogen-bond acceptors (Lipinski definition) is 3. The van der Waals surface area contributed by atoms with Crippen molar-refractivity contribution in [2.45, 2.75) is 51.5 Å². The van der Waals surface area contributed by atoms with Crippen LogP contribution in [0.2, 0.25) is 0 Å². The van der Waals surface area contributed by atoms with E-state index in [2.05, 4.69) is 26.0 Å². The highest BCUT2D eigenvalue weighted by molar-refractivity contribution is 5.48. The zero-order chi connectivity index (χ0) is 14.7. The van der Waals surface area contributed by atoms with Gasteiger partial charge in [-0.25, -0.2) is 0 Å². The van der Waals surface area contributed by atoms with Crippen LogP contribution in [0.1, 0.15) is 48.8 Å². The molecule has 0 spiro atoms. The minimum atomic E-state index is 0.430. The summed E-state index contributed by atoms with van der Waals surface area (Å²) in [6.45, 7) is 4.49. The summed E-state index contributed by atoms with van der Waals surface area (Å²) < 4.78 is 5.60. The standard InChI is InChI=1S/C17H27NO2/c1-6-7-13-10-14(18(3)20-5)11-15-16(19-4)9-8-12(2)17(13)15/h8-9,13-14H,6-7,10-11H2,1-5H3. The summed E-state index contributed by atoms with van der Waals surface area (Å²) in [5.74, 6) is 1.64. The minimum Gasteiger partial charge on any atom is -0.496 e. The van der Waals surface area contributed by atoms with Crippen LogP contribution in [0, 0.1) is 6.92 Å². The molecule has 0 radical (unpaired) electrons. The van der Waals surface area contributed by atoms with E-state index in [1.807, 2.05) is 12.1 Å². The second-order valence-corrected chi connectivity index (χ2v) is 5.78. The van der Waals surface area contributed by atoms with E-state index in [1.54, 1.807) is 14.2 Å². The predicted octanol–water partition coefficient (Wildman–Crippen LogP) is 3.70. The van der Waals surface area contributed by atoms with Crippen molar-refractivity contribution in [3.05, 3.63) is 28.8 Å². The van der Waals surface area contributed by atoms with Crippen LogP contribution >= 0.6 is 0 Å². The average molecular weight is 277 g/mol. The van der Waals surface area contributed by atoms with Crippen LogP contribution in [0.5, 0.6) is 5.75 Å². The van der Waals surface area contributed by atoms with E-state index < -0.39 is 0 Å². The normalized spacial score (nSPS) is 21.9. The van der Waals surface area contributed by atoms with Crippen LogP contribution in [0.15, 0.2) is 12.1 Å². The maximum absolute atomic E-state index is 5.60. The molecule has 2 rings (SSSR count). The lowest BCUT2D eigenvalue weighted by atomic mass is 9.75. The number of rotatable bonds is 5. The summed E-state index contributed by atoms with van der Waals surface area (Å²) in [6, 6.07) is 4.73. The largest absolute Gasteiger partial charge is 0.496 e. The first-order valence-electron chi connectivity index (χ1n) is 7.55.